The van der Waals surface area contributed by atoms with Gasteiger partial charge in [-0.1, -0.05) is 31.2 Å². The van der Waals surface area contributed by atoms with Gasteiger partial charge in [0.25, 0.3) is 0 Å². The standard InChI is InChI=1S/C13H20N2O.ClH/c1-3-11-4-6-12(7-5-11)8-9-15-13(16)10(2)14;/h4-7,10H,3,8-9,14H2,1-2H3,(H,15,16);1H. The lowest BCUT2D eigenvalue weighted by atomic mass is 10.1. The molecule has 0 spiro atoms. The van der Waals surface area contributed by atoms with E-state index in [0.29, 0.717) is 6.54 Å². The van der Waals surface area contributed by atoms with E-state index < -0.39 is 6.04 Å². The first-order valence-corrected chi connectivity index (χ1v) is 5.74. The van der Waals surface area contributed by atoms with Crippen LogP contribution >= 0.6 is 12.4 Å². The number of nitrogens with one attached hydrogen (secondary N) is 1. The molecule has 1 atom stereocenters. The minimum absolute atomic E-state index is 0. The van der Waals surface area contributed by atoms with Crippen molar-refractivity contribution < 1.29 is 4.79 Å². The van der Waals surface area contributed by atoms with Crippen LogP contribution in [0.4, 0.5) is 0 Å². The molecule has 17 heavy (non-hydrogen) atoms. The molecule has 0 radical (unpaired) electrons. The molecule has 0 aliphatic rings. The number of aryl methyl sites for hydroxylation is 1. The third kappa shape index (κ3) is 5.71. The zero-order valence-electron chi connectivity index (χ0n) is 10.4. The van der Waals surface area contributed by atoms with Crippen molar-refractivity contribution in [2.75, 3.05) is 6.54 Å². The van der Waals surface area contributed by atoms with Gasteiger partial charge in [0, 0.05) is 6.54 Å². The fourth-order valence-electron chi connectivity index (χ4n) is 1.43. The molecule has 96 valence electrons. The molecule has 3 N–H and O–H groups in total. The zero-order valence-corrected chi connectivity index (χ0v) is 11.2. The molecule has 0 aromatic heterocycles. The first kappa shape index (κ1) is 15.9. The van der Waals surface area contributed by atoms with Crippen molar-refractivity contribution in [1.82, 2.24) is 5.32 Å². The number of benzene rings is 1. The molecular weight excluding hydrogens is 236 g/mol. The minimum Gasteiger partial charge on any atom is -0.354 e. The quantitative estimate of drug-likeness (QED) is 0.842. The SMILES string of the molecule is CCc1ccc(CCNC(=O)C(C)N)cc1.Cl. The Kier molecular flexibility index (Phi) is 7.59. The molecule has 0 bridgehead atoms. The van der Waals surface area contributed by atoms with Crippen LogP contribution in [-0.4, -0.2) is 18.5 Å². The van der Waals surface area contributed by atoms with E-state index in [1.807, 2.05) is 0 Å². The number of amides is 1. The topological polar surface area (TPSA) is 55.1 Å². The predicted molar refractivity (Wildman–Crippen MR) is 73.4 cm³/mol. The van der Waals surface area contributed by atoms with Crippen molar-refractivity contribution in [1.29, 1.82) is 0 Å². The summed E-state index contributed by atoms with van der Waals surface area (Å²) in [5.41, 5.74) is 8.02. The highest BCUT2D eigenvalue weighted by Crippen LogP contribution is 2.05. The van der Waals surface area contributed by atoms with E-state index in [1.165, 1.54) is 11.1 Å². The molecule has 3 nitrogen and oxygen atoms in total. The number of halogens is 1. The molecule has 4 heteroatoms. The Morgan fingerprint density at radius 3 is 2.29 bits per heavy atom. The van der Waals surface area contributed by atoms with Crippen LogP contribution in [0.5, 0.6) is 0 Å². The molecule has 1 rings (SSSR count). The highest BCUT2D eigenvalue weighted by atomic mass is 35.5. The molecule has 1 aromatic carbocycles. The minimum atomic E-state index is -0.428. The second kappa shape index (κ2) is 8.09. The van der Waals surface area contributed by atoms with Crippen LogP contribution in [0.3, 0.4) is 0 Å². The second-order valence-electron chi connectivity index (χ2n) is 4.00. The number of carbonyl (C=O) groups excluding carboxylic acids is 1. The summed E-state index contributed by atoms with van der Waals surface area (Å²) in [7, 11) is 0. The molecule has 1 aromatic rings. The molecule has 1 amide bonds. The highest BCUT2D eigenvalue weighted by Gasteiger charge is 2.05. The first-order chi connectivity index (χ1) is 7.63. The van der Waals surface area contributed by atoms with Crippen LogP contribution in [-0.2, 0) is 17.6 Å². The summed E-state index contributed by atoms with van der Waals surface area (Å²) in [6.07, 6.45) is 1.91. The average molecular weight is 257 g/mol. The summed E-state index contributed by atoms with van der Waals surface area (Å²) in [5.74, 6) is -0.0924. The third-order valence-corrected chi connectivity index (χ3v) is 2.56. The summed E-state index contributed by atoms with van der Waals surface area (Å²) < 4.78 is 0. The van der Waals surface area contributed by atoms with Crippen LogP contribution in [0.25, 0.3) is 0 Å². The zero-order chi connectivity index (χ0) is 12.0. The fourth-order valence-corrected chi connectivity index (χ4v) is 1.43. The number of carbonyl (C=O) groups is 1. The summed E-state index contributed by atoms with van der Waals surface area (Å²) in [6.45, 7) is 4.47. The molecule has 0 aliphatic heterocycles. The number of rotatable bonds is 5. The fraction of sp³-hybridized carbons (Fsp3) is 0.462. The summed E-state index contributed by atoms with van der Waals surface area (Å²) in [5, 5.41) is 2.80. The van der Waals surface area contributed by atoms with Crippen LogP contribution in [0.1, 0.15) is 25.0 Å². The van der Waals surface area contributed by atoms with Crippen molar-refractivity contribution >= 4 is 18.3 Å². The van der Waals surface area contributed by atoms with Gasteiger partial charge < -0.3 is 11.1 Å². The second-order valence-corrected chi connectivity index (χ2v) is 4.00. The number of nitrogens with two attached hydrogens (primary N) is 1. The molecular formula is C13H21ClN2O. The van der Waals surface area contributed by atoms with Gasteiger partial charge in [0.05, 0.1) is 6.04 Å². The Morgan fingerprint density at radius 1 is 1.29 bits per heavy atom. The maximum Gasteiger partial charge on any atom is 0.236 e. The van der Waals surface area contributed by atoms with Gasteiger partial charge in [0.2, 0.25) is 5.91 Å². The molecule has 0 fully saturated rings. The van der Waals surface area contributed by atoms with Crippen molar-refractivity contribution in [3.05, 3.63) is 35.4 Å². The summed E-state index contributed by atoms with van der Waals surface area (Å²) in [6, 6.07) is 8.04. The van der Waals surface area contributed by atoms with E-state index in [1.54, 1.807) is 6.92 Å². The normalized spacial score (nSPS) is 11.5. The van der Waals surface area contributed by atoms with E-state index in [0.717, 1.165) is 12.8 Å². The van der Waals surface area contributed by atoms with Crippen LogP contribution in [0.15, 0.2) is 24.3 Å². The lowest BCUT2D eigenvalue weighted by Gasteiger charge is -2.07. The Morgan fingerprint density at radius 2 is 1.82 bits per heavy atom. The van der Waals surface area contributed by atoms with Gasteiger partial charge in [-0.15, -0.1) is 12.4 Å². The van der Waals surface area contributed by atoms with Crippen LogP contribution in [0.2, 0.25) is 0 Å². The highest BCUT2D eigenvalue weighted by molar-refractivity contribution is 5.85. The molecule has 1 unspecified atom stereocenters. The van der Waals surface area contributed by atoms with E-state index in [9.17, 15) is 4.79 Å². The molecule has 0 aliphatic carbocycles. The largest absolute Gasteiger partial charge is 0.354 e. The van der Waals surface area contributed by atoms with Crippen molar-refractivity contribution in [2.24, 2.45) is 5.73 Å². The lowest BCUT2D eigenvalue weighted by Crippen LogP contribution is -2.39. The predicted octanol–water partition coefficient (Wildman–Crippen LogP) is 1.68. The average Bonchev–Trinajstić information content (AvgIpc) is 2.29. The van der Waals surface area contributed by atoms with E-state index in [2.05, 4.69) is 36.5 Å². The van der Waals surface area contributed by atoms with Gasteiger partial charge in [-0.25, -0.2) is 0 Å². The number of hydrogen-bond donors (Lipinski definition) is 2. The van der Waals surface area contributed by atoms with Gasteiger partial charge in [-0.05, 0) is 30.9 Å². The van der Waals surface area contributed by atoms with Gasteiger partial charge in [-0.3, -0.25) is 4.79 Å². The summed E-state index contributed by atoms with van der Waals surface area (Å²) in [4.78, 5) is 11.2. The molecule has 0 saturated carbocycles. The van der Waals surface area contributed by atoms with Crippen LogP contribution < -0.4 is 11.1 Å². The maximum absolute atomic E-state index is 11.2. The van der Waals surface area contributed by atoms with Gasteiger partial charge in [0.15, 0.2) is 0 Å². The van der Waals surface area contributed by atoms with Gasteiger partial charge >= 0.3 is 0 Å². The third-order valence-electron chi connectivity index (χ3n) is 2.56. The Hall–Kier alpha value is -1.06. The molecule has 0 saturated heterocycles. The van der Waals surface area contributed by atoms with Crippen molar-refractivity contribution in [3.8, 4) is 0 Å². The number of hydrogen-bond acceptors (Lipinski definition) is 2. The summed E-state index contributed by atoms with van der Waals surface area (Å²) >= 11 is 0. The Balaban J connectivity index is 0.00000256. The molecule has 0 heterocycles. The Labute approximate surface area is 109 Å². The van der Waals surface area contributed by atoms with Crippen molar-refractivity contribution in [3.63, 3.8) is 0 Å². The first-order valence-electron chi connectivity index (χ1n) is 5.74. The van der Waals surface area contributed by atoms with Gasteiger partial charge in [-0.2, -0.15) is 0 Å². The maximum atomic E-state index is 11.2. The van der Waals surface area contributed by atoms with Crippen LogP contribution in [0, 0.1) is 0 Å². The monoisotopic (exact) mass is 256 g/mol. The van der Waals surface area contributed by atoms with Crippen molar-refractivity contribution in [2.45, 2.75) is 32.7 Å². The van der Waals surface area contributed by atoms with E-state index in [4.69, 9.17) is 5.73 Å². The Bertz CT molecular complexity index is 336. The lowest BCUT2D eigenvalue weighted by molar-refractivity contribution is -0.121. The smallest absolute Gasteiger partial charge is 0.236 e. The van der Waals surface area contributed by atoms with E-state index in [-0.39, 0.29) is 18.3 Å². The van der Waals surface area contributed by atoms with E-state index >= 15 is 0 Å². The van der Waals surface area contributed by atoms with Gasteiger partial charge in [0.1, 0.15) is 0 Å².